The molecule has 0 aliphatic carbocycles. The molecule has 1 aliphatic heterocycles. The highest BCUT2D eigenvalue weighted by Gasteiger charge is 2.28. The molecule has 19 heavy (non-hydrogen) atoms. The van der Waals surface area contributed by atoms with Gasteiger partial charge >= 0.3 is 0 Å². The lowest BCUT2D eigenvalue weighted by Crippen LogP contribution is -2.44. The molecule has 2 rings (SSSR count). The Balaban J connectivity index is 2.26. The zero-order valence-electron chi connectivity index (χ0n) is 10.6. The van der Waals surface area contributed by atoms with E-state index in [1.54, 1.807) is 12.1 Å². The van der Waals surface area contributed by atoms with Crippen molar-refractivity contribution in [2.75, 3.05) is 19.7 Å². The van der Waals surface area contributed by atoms with E-state index in [4.69, 9.17) is 22.7 Å². The van der Waals surface area contributed by atoms with Gasteiger partial charge in [-0.05, 0) is 19.1 Å². The molecule has 0 amide bonds. The van der Waals surface area contributed by atoms with Crippen molar-refractivity contribution < 1.29 is 13.2 Å². The van der Waals surface area contributed by atoms with Gasteiger partial charge in [0.05, 0.1) is 17.6 Å². The third kappa shape index (κ3) is 3.11. The summed E-state index contributed by atoms with van der Waals surface area (Å²) in [5.74, 6) is 0. The van der Waals surface area contributed by atoms with Crippen LogP contribution in [0.4, 0.5) is 0 Å². The van der Waals surface area contributed by atoms with Crippen LogP contribution in [-0.2, 0) is 14.8 Å². The van der Waals surface area contributed by atoms with Gasteiger partial charge in [0.15, 0.2) is 0 Å². The molecule has 0 bridgehead atoms. The molecule has 5 nitrogen and oxygen atoms in total. The van der Waals surface area contributed by atoms with Gasteiger partial charge < -0.3 is 10.5 Å². The molecule has 0 saturated carbocycles. The molecule has 2 N–H and O–H groups in total. The number of hydrogen-bond donors (Lipinski definition) is 1. The highest BCUT2D eigenvalue weighted by Crippen LogP contribution is 2.19. The van der Waals surface area contributed by atoms with E-state index in [0.717, 1.165) is 0 Å². The number of rotatable bonds is 3. The van der Waals surface area contributed by atoms with Crippen LogP contribution in [0.25, 0.3) is 0 Å². The summed E-state index contributed by atoms with van der Waals surface area (Å²) in [7, 11) is -3.47. The van der Waals surface area contributed by atoms with Crippen molar-refractivity contribution in [1.29, 1.82) is 0 Å². The van der Waals surface area contributed by atoms with Gasteiger partial charge in [-0.3, -0.25) is 0 Å². The summed E-state index contributed by atoms with van der Waals surface area (Å²) >= 11 is 4.84. The maximum atomic E-state index is 12.4. The Morgan fingerprint density at radius 2 is 2.05 bits per heavy atom. The molecule has 0 spiro atoms. The number of thiocarbonyl (C=S) groups is 1. The lowest BCUT2D eigenvalue weighted by atomic mass is 10.2. The van der Waals surface area contributed by atoms with Crippen molar-refractivity contribution in [2.24, 2.45) is 5.73 Å². The minimum absolute atomic E-state index is 0.0839. The van der Waals surface area contributed by atoms with Gasteiger partial charge in [-0.2, -0.15) is 4.31 Å². The van der Waals surface area contributed by atoms with Gasteiger partial charge in [-0.25, -0.2) is 8.42 Å². The molecule has 104 valence electrons. The topological polar surface area (TPSA) is 72.6 Å². The second-order valence-corrected chi connectivity index (χ2v) is 6.81. The largest absolute Gasteiger partial charge is 0.389 e. The second kappa shape index (κ2) is 5.54. The first kappa shape index (κ1) is 14.4. The quantitative estimate of drug-likeness (QED) is 0.833. The zero-order valence-corrected chi connectivity index (χ0v) is 12.2. The Labute approximate surface area is 118 Å². The first-order valence-corrected chi connectivity index (χ1v) is 7.77. The Hall–Kier alpha value is -1.02. The predicted octanol–water partition coefficient (Wildman–Crippen LogP) is 0.730. The maximum Gasteiger partial charge on any atom is 0.243 e. The number of nitrogens with two attached hydrogens (primary N) is 1. The lowest BCUT2D eigenvalue weighted by Gasteiger charge is -2.30. The van der Waals surface area contributed by atoms with E-state index in [2.05, 4.69) is 0 Å². The van der Waals surface area contributed by atoms with Crippen LogP contribution < -0.4 is 5.73 Å². The van der Waals surface area contributed by atoms with E-state index in [9.17, 15) is 8.42 Å². The molecule has 1 aromatic rings. The van der Waals surface area contributed by atoms with E-state index < -0.39 is 10.0 Å². The van der Waals surface area contributed by atoms with Gasteiger partial charge in [-0.1, -0.05) is 24.4 Å². The highest BCUT2D eigenvalue weighted by atomic mass is 32.2. The Kier molecular flexibility index (Phi) is 4.19. The van der Waals surface area contributed by atoms with Crippen molar-refractivity contribution in [3.8, 4) is 0 Å². The molecule has 1 aromatic carbocycles. The third-order valence-corrected chi connectivity index (χ3v) is 5.10. The minimum atomic E-state index is -3.47. The number of benzene rings is 1. The molecule has 1 atom stereocenters. The van der Waals surface area contributed by atoms with Crippen LogP contribution in [0, 0.1) is 0 Å². The summed E-state index contributed by atoms with van der Waals surface area (Å²) in [5.41, 5.74) is 6.15. The molecule has 0 aromatic heterocycles. The summed E-state index contributed by atoms with van der Waals surface area (Å²) in [4.78, 5) is 0.505. The first-order valence-electron chi connectivity index (χ1n) is 5.93. The molecular weight excluding hydrogens is 284 g/mol. The molecule has 1 fully saturated rings. The van der Waals surface area contributed by atoms with Gasteiger partial charge in [-0.15, -0.1) is 0 Å². The van der Waals surface area contributed by atoms with E-state index in [1.165, 1.54) is 16.4 Å². The van der Waals surface area contributed by atoms with Crippen molar-refractivity contribution >= 4 is 27.2 Å². The minimum Gasteiger partial charge on any atom is -0.389 e. The van der Waals surface area contributed by atoms with Crippen LogP contribution >= 0.6 is 12.2 Å². The van der Waals surface area contributed by atoms with E-state index >= 15 is 0 Å². The first-order chi connectivity index (χ1) is 8.91. The molecule has 1 heterocycles. The van der Waals surface area contributed by atoms with Gasteiger partial charge in [0.25, 0.3) is 0 Å². The van der Waals surface area contributed by atoms with Crippen molar-refractivity contribution in [2.45, 2.75) is 17.9 Å². The third-order valence-electron chi connectivity index (χ3n) is 2.98. The molecule has 7 heteroatoms. The molecule has 1 saturated heterocycles. The fraction of sp³-hybridized carbons (Fsp3) is 0.417. The average molecular weight is 300 g/mol. The maximum absolute atomic E-state index is 12.4. The van der Waals surface area contributed by atoms with Crippen molar-refractivity contribution in [3.05, 3.63) is 29.8 Å². The number of nitrogens with zero attached hydrogens (tertiary/aromatic N) is 1. The summed E-state index contributed by atoms with van der Waals surface area (Å²) in [6.45, 7) is 3.03. The summed E-state index contributed by atoms with van der Waals surface area (Å²) in [6, 6.07) is 6.31. The fourth-order valence-corrected chi connectivity index (χ4v) is 3.58. The van der Waals surface area contributed by atoms with Crippen LogP contribution in [0.15, 0.2) is 29.2 Å². The van der Waals surface area contributed by atoms with Gasteiger partial charge in [0.2, 0.25) is 10.0 Å². The number of hydrogen-bond acceptors (Lipinski definition) is 4. The molecule has 1 unspecified atom stereocenters. The van der Waals surface area contributed by atoms with Crippen molar-refractivity contribution in [3.63, 3.8) is 0 Å². The van der Waals surface area contributed by atoms with Gasteiger partial charge in [0.1, 0.15) is 4.99 Å². The SMILES string of the molecule is CC1CN(S(=O)(=O)c2ccc(C(N)=S)cc2)CCO1. The Bertz CT molecular complexity index is 569. The monoisotopic (exact) mass is 300 g/mol. The van der Waals surface area contributed by atoms with E-state index in [1.807, 2.05) is 6.92 Å². The van der Waals surface area contributed by atoms with Crippen LogP contribution in [0.3, 0.4) is 0 Å². The Morgan fingerprint density at radius 3 is 2.58 bits per heavy atom. The van der Waals surface area contributed by atoms with Crippen LogP contribution in [0.5, 0.6) is 0 Å². The van der Waals surface area contributed by atoms with Crippen molar-refractivity contribution in [1.82, 2.24) is 4.31 Å². The van der Waals surface area contributed by atoms with Crippen LogP contribution in [0.1, 0.15) is 12.5 Å². The zero-order chi connectivity index (χ0) is 14.0. The smallest absolute Gasteiger partial charge is 0.243 e. The van der Waals surface area contributed by atoms with Crippen LogP contribution in [0.2, 0.25) is 0 Å². The predicted molar refractivity (Wildman–Crippen MR) is 76.5 cm³/mol. The number of ether oxygens (including phenoxy) is 1. The number of sulfonamides is 1. The molecule has 1 aliphatic rings. The molecular formula is C12H16N2O3S2. The summed E-state index contributed by atoms with van der Waals surface area (Å²) < 4.78 is 31.6. The molecule has 0 radical (unpaired) electrons. The van der Waals surface area contributed by atoms with Crippen LogP contribution in [-0.4, -0.2) is 43.5 Å². The van der Waals surface area contributed by atoms with E-state index in [0.29, 0.717) is 25.3 Å². The second-order valence-electron chi connectivity index (χ2n) is 4.43. The lowest BCUT2D eigenvalue weighted by molar-refractivity contribution is 0.0102. The summed E-state index contributed by atoms with van der Waals surface area (Å²) in [6.07, 6.45) is -0.0839. The normalized spacial score (nSPS) is 21.2. The Morgan fingerprint density at radius 1 is 1.42 bits per heavy atom. The highest BCUT2D eigenvalue weighted by molar-refractivity contribution is 7.89. The fourth-order valence-electron chi connectivity index (χ4n) is 1.95. The number of morpholine rings is 1. The standard InChI is InChI=1S/C12H16N2O3S2/c1-9-8-14(6-7-17-9)19(15,16)11-4-2-10(3-5-11)12(13)18/h2-5,9H,6-8H2,1H3,(H2,13,18). The van der Waals surface area contributed by atoms with E-state index in [-0.39, 0.29) is 16.0 Å². The van der Waals surface area contributed by atoms with Gasteiger partial charge in [0, 0.05) is 18.7 Å². The average Bonchev–Trinajstić information content (AvgIpc) is 2.39. The summed E-state index contributed by atoms with van der Waals surface area (Å²) in [5, 5.41) is 0.